The fraction of sp³-hybridized carbons (Fsp3) is 0.240. The molecule has 0 bridgehead atoms. The summed E-state index contributed by atoms with van der Waals surface area (Å²) in [6.45, 7) is 0. The zero-order chi connectivity index (χ0) is 24.3. The van der Waals surface area contributed by atoms with Gasteiger partial charge in [0.05, 0.1) is 10.8 Å². The van der Waals surface area contributed by atoms with Gasteiger partial charge < -0.3 is 5.32 Å². The molecule has 8 nitrogen and oxygen atoms in total. The second-order valence-electron chi connectivity index (χ2n) is 8.91. The number of carbonyl (C=O) groups excluding carboxylic acids is 2. The quantitative estimate of drug-likeness (QED) is 0.335. The molecule has 3 aliphatic heterocycles. The number of benzene rings is 2. The first-order chi connectivity index (χ1) is 16.9. The number of nitro benzene ring substituents is 1. The van der Waals surface area contributed by atoms with Crippen molar-refractivity contribution in [1.29, 1.82) is 0 Å². The molecule has 0 saturated carbocycles. The molecule has 3 aromatic rings. The Kier molecular flexibility index (Phi) is 4.97. The number of rotatable bonds is 4. The Labute approximate surface area is 203 Å². The normalized spacial score (nSPS) is 27.0. The van der Waals surface area contributed by atoms with Gasteiger partial charge in [0, 0.05) is 64.9 Å². The Bertz CT molecular complexity index is 1370. The summed E-state index contributed by atoms with van der Waals surface area (Å²) in [5.41, 5.74) is 0.549. The van der Waals surface area contributed by atoms with E-state index < -0.39 is 28.1 Å². The van der Waals surface area contributed by atoms with E-state index in [4.69, 9.17) is 0 Å². The molecule has 6 rings (SSSR count). The van der Waals surface area contributed by atoms with Crippen LogP contribution in [0.15, 0.2) is 67.0 Å². The van der Waals surface area contributed by atoms with Crippen LogP contribution in [0, 0.1) is 21.8 Å². The Morgan fingerprint density at radius 2 is 2.03 bits per heavy atom. The summed E-state index contributed by atoms with van der Waals surface area (Å²) < 4.78 is 14.5. The van der Waals surface area contributed by atoms with Crippen LogP contribution in [0.3, 0.4) is 0 Å². The summed E-state index contributed by atoms with van der Waals surface area (Å²) in [7, 11) is 0. The number of anilines is 1. The van der Waals surface area contributed by atoms with Crippen molar-refractivity contribution < 1.29 is 18.9 Å². The molecule has 1 aromatic heterocycles. The van der Waals surface area contributed by atoms with Crippen LogP contribution in [0.5, 0.6) is 0 Å². The van der Waals surface area contributed by atoms with Crippen LogP contribution in [0.2, 0.25) is 0 Å². The van der Waals surface area contributed by atoms with Gasteiger partial charge in [0.25, 0.3) is 5.69 Å². The van der Waals surface area contributed by atoms with Crippen molar-refractivity contribution in [3.63, 3.8) is 0 Å². The molecular formula is C25H19FN4O4S. The zero-order valence-corrected chi connectivity index (χ0v) is 19.1. The maximum Gasteiger partial charge on any atom is 0.269 e. The predicted octanol–water partition coefficient (Wildman–Crippen LogP) is 3.95. The second kappa shape index (κ2) is 7.96. The number of nitrogens with one attached hydrogen (secondary N) is 1. The minimum Gasteiger partial charge on any atom is -0.324 e. The number of fused-ring (bicyclic) bond motifs is 4. The second-order valence-corrected chi connectivity index (χ2v) is 9.91. The van der Waals surface area contributed by atoms with E-state index in [1.807, 2.05) is 4.90 Å². The largest absolute Gasteiger partial charge is 0.324 e. The number of hydrogen-bond acceptors (Lipinski definition) is 7. The first-order valence-electron chi connectivity index (χ1n) is 11.1. The number of ketones is 1. The molecule has 2 aromatic carbocycles. The zero-order valence-electron chi connectivity index (χ0n) is 18.3. The Morgan fingerprint density at radius 1 is 1.23 bits per heavy atom. The van der Waals surface area contributed by atoms with E-state index >= 15 is 0 Å². The molecule has 2 fully saturated rings. The molecule has 0 unspecified atom stereocenters. The van der Waals surface area contributed by atoms with Gasteiger partial charge >= 0.3 is 0 Å². The molecule has 1 N–H and O–H groups in total. The number of nitrogens with zero attached hydrogens (tertiary/aromatic N) is 3. The standard InChI is InChI=1S/C25H19FN4O4S/c26-16-5-8-19-18(10-16)25(24(32)28-19)22(23(31)15-2-1-9-27-11-15)21(20-12-35-13-29(20)25)14-3-6-17(7-4-14)30(33)34/h1-11,20-22H,12-13H2,(H,28,32)/t20-,21-,22+,25+/m0/s1. The molecule has 0 aliphatic carbocycles. The summed E-state index contributed by atoms with van der Waals surface area (Å²) >= 11 is 1.64. The molecular weight excluding hydrogens is 471 g/mol. The van der Waals surface area contributed by atoms with E-state index in [-0.39, 0.29) is 23.4 Å². The highest BCUT2D eigenvalue weighted by Gasteiger charge is 2.69. The Balaban J connectivity index is 1.60. The van der Waals surface area contributed by atoms with Gasteiger partial charge in [0.2, 0.25) is 5.91 Å². The monoisotopic (exact) mass is 490 g/mol. The summed E-state index contributed by atoms with van der Waals surface area (Å²) in [5.74, 6) is -1.30. The third-order valence-electron chi connectivity index (χ3n) is 7.30. The van der Waals surface area contributed by atoms with Gasteiger partial charge in [-0.15, -0.1) is 11.8 Å². The molecule has 176 valence electrons. The fourth-order valence-corrected chi connectivity index (χ4v) is 7.25. The van der Waals surface area contributed by atoms with E-state index in [1.165, 1.54) is 36.5 Å². The number of halogens is 1. The third-order valence-corrected chi connectivity index (χ3v) is 8.34. The topological polar surface area (TPSA) is 105 Å². The van der Waals surface area contributed by atoms with Crippen LogP contribution < -0.4 is 5.32 Å². The molecule has 4 atom stereocenters. The van der Waals surface area contributed by atoms with E-state index in [0.717, 1.165) is 5.56 Å². The first-order valence-corrected chi connectivity index (χ1v) is 12.2. The van der Waals surface area contributed by atoms with Gasteiger partial charge in [-0.1, -0.05) is 12.1 Å². The molecule has 0 radical (unpaired) electrons. The van der Waals surface area contributed by atoms with Crippen molar-refractivity contribution in [3.8, 4) is 0 Å². The number of Topliss-reactive ketones (excluding diaryl/α,β-unsaturated/α-hetero) is 1. The fourth-order valence-electron chi connectivity index (χ4n) is 5.93. The number of thioether (sulfide) groups is 1. The summed E-state index contributed by atoms with van der Waals surface area (Å²) in [6, 6.07) is 13.4. The van der Waals surface area contributed by atoms with Crippen molar-refractivity contribution in [1.82, 2.24) is 9.88 Å². The van der Waals surface area contributed by atoms with Crippen LogP contribution in [0.1, 0.15) is 27.4 Å². The number of carbonyl (C=O) groups is 2. The summed E-state index contributed by atoms with van der Waals surface area (Å²) in [5, 5.41) is 14.1. The number of nitro groups is 1. The van der Waals surface area contributed by atoms with Gasteiger partial charge in [-0.05, 0) is 35.9 Å². The van der Waals surface area contributed by atoms with E-state index in [9.17, 15) is 24.1 Å². The lowest BCUT2D eigenvalue weighted by Gasteiger charge is -2.36. The van der Waals surface area contributed by atoms with Crippen molar-refractivity contribution in [3.05, 3.63) is 99.6 Å². The molecule has 2 saturated heterocycles. The van der Waals surface area contributed by atoms with E-state index in [0.29, 0.717) is 28.4 Å². The maximum atomic E-state index is 14.5. The smallest absolute Gasteiger partial charge is 0.269 e. The lowest BCUT2D eigenvalue weighted by molar-refractivity contribution is -0.384. The highest BCUT2D eigenvalue weighted by molar-refractivity contribution is 7.99. The average Bonchev–Trinajstić information content (AvgIpc) is 3.53. The van der Waals surface area contributed by atoms with Gasteiger partial charge in [-0.3, -0.25) is 29.6 Å². The Morgan fingerprint density at radius 3 is 2.74 bits per heavy atom. The first kappa shape index (κ1) is 21.9. The molecule has 4 heterocycles. The average molecular weight is 491 g/mol. The van der Waals surface area contributed by atoms with Crippen molar-refractivity contribution in [2.45, 2.75) is 17.5 Å². The molecule has 35 heavy (non-hydrogen) atoms. The highest BCUT2D eigenvalue weighted by atomic mass is 32.2. The lowest BCUT2D eigenvalue weighted by atomic mass is 9.69. The van der Waals surface area contributed by atoms with Gasteiger partial charge in [0.15, 0.2) is 5.78 Å². The van der Waals surface area contributed by atoms with Crippen molar-refractivity contribution in [2.24, 2.45) is 5.92 Å². The van der Waals surface area contributed by atoms with Gasteiger partial charge in [0.1, 0.15) is 11.4 Å². The van der Waals surface area contributed by atoms with Gasteiger partial charge in [-0.25, -0.2) is 4.39 Å². The number of pyridine rings is 1. The van der Waals surface area contributed by atoms with Crippen LogP contribution in [0.25, 0.3) is 0 Å². The maximum absolute atomic E-state index is 14.5. The van der Waals surface area contributed by atoms with Crippen molar-refractivity contribution in [2.75, 3.05) is 16.9 Å². The van der Waals surface area contributed by atoms with E-state index in [2.05, 4.69) is 10.3 Å². The minimum absolute atomic E-state index is 0.0553. The predicted molar refractivity (Wildman–Crippen MR) is 128 cm³/mol. The molecule has 1 spiro atoms. The molecule has 10 heteroatoms. The number of hydrogen-bond donors (Lipinski definition) is 1. The number of amides is 1. The SMILES string of the molecule is O=C(c1cccnc1)[C@H]1[C@@H](c2ccc([N+](=O)[O-])cc2)[C@@H]2CSCN2[C@@]12C(=O)Nc1ccc(F)cc12. The summed E-state index contributed by atoms with van der Waals surface area (Å²) in [4.78, 5) is 44.9. The molecule has 3 aliphatic rings. The minimum atomic E-state index is -1.41. The lowest BCUT2D eigenvalue weighted by Crippen LogP contribution is -2.52. The van der Waals surface area contributed by atoms with Crippen molar-refractivity contribution >= 4 is 34.8 Å². The molecule has 1 amide bonds. The highest BCUT2D eigenvalue weighted by Crippen LogP contribution is 2.61. The number of non-ortho nitro benzene ring substituents is 1. The number of aromatic nitrogens is 1. The van der Waals surface area contributed by atoms with Gasteiger partial charge in [-0.2, -0.15) is 0 Å². The van der Waals surface area contributed by atoms with Crippen LogP contribution >= 0.6 is 11.8 Å². The van der Waals surface area contributed by atoms with Crippen LogP contribution in [-0.2, 0) is 10.3 Å². The summed E-state index contributed by atoms with van der Waals surface area (Å²) in [6.07, 6.45) is 3.04. The third kappa shape index (κ3) is 3.06. The van der Waals surface area contributed by atoms with Crippen LogP contribution in [-0.4, -0.2) is 44.2 Å². The van der Waals surface area contributed by atoms with Crippen LogP contribution in [0.4, 0.5) is 15.8 Å². The Hall–Kier alpha value is -3.63. The van der Waals surface area contributed by atoms with E-state index in [1.54, 1.807) is 42.2 Å².